The molecule has 0 saturated carbocycles. The van der Waals surface area contributed by atoms with Crippen LogP contribution in [0, 0.1) is 5.82 Å². The molecule has 1 N–H and O–H groups in total. The molecule has 0 aromatic heterocycles. The first kappa shape index (κ1) is 25.1. The van der Waals surface area contributed by atoms with Crippen LogP contribution >= 0.6 is 0 Å². The van der Waals surface area contributed by atoms with Gasteiger partial charge in [0.05, 0.1) is 9.79 Å². The van der Waals surface area contributed by atoms with Crippen LogP contribution in [0.2, 0.25) is 0 Å². The summed E-state index contributed by atoms with van der Waals surface area (Å²) in [5.41, 5.74) is -1.21. The molecule has 180 valence electrons. The lowest BCUT2D eigenvalue weighted by molar-refractivity contribution is -0.135. The number of ether oxygens (including phenoxy) is 1. The minimum Gasteiger partial charge on any atom is -0.478 e. The largest absolute Gasteiger partial charge is 0.478 e. The van der Waals surface area contributed by atoms with Gasteiger partial charge < -0.3 is 10.1 Å². The van der Waals surface area contributed by atoms with Gasteiger partial charge in [-0.2, -0.15) is 4.31 Å². The normalized spacial score (nSPS) is 16.4. The number of hydrogen-bond acceptors (Lipinski definition) is 6. The zero-order chi connectivity index (χ0) is 24.4. The lowest BCUT2D eigenvalue weighted by atomic mass is 10.0. The van der Waals surface area contributed by atoms with Gasteiger partial charge in [0, 0.05) is 25.4 Å². The highest BCUT2D eigenvalue weighted by molar-refractivity contribution is 7.90. The first-order chi connectivity index (χ1) is 15.3. The van der Waals surface area contributed by atoms with Crippen molar-refractivity contribution in [2.75, 3.05) is 19.3 Å². The van der Waals surface area contributed by atoms with Crippen molar-refractivity contribution in [3.63, 3.8) is 0 Å². The highest BCUT2D eigenvalue weighted by atomic mass is 32.2. The number of halogens is 1. The number of nitrogens with zero attached hydrogens (tertiary/aromatic N) is 1. The van der Waals surface area contributed by atoms with E-state index in [0.717, 1.165) is 6.26 Å². The monoisotopic (exact) mass is 498 g/mol. The van der Waals surface area contributed by atoms with Crippen molar-refractivity contribution in [2.45, 2.75) is 48.1 Å². The first-order valence-corrected chi connectivity index (χ1v) is 13.7. The SMILES string of the molecule is CC(C)(Oc1ccc(F)cc1)C(=O)NC1CCN(S(=O)(=O)c2ccc(S(C)(=O)=O)cc2)CC1. The number of rotatable bonds is 7. The summed E-state index contributed by atoms with van der Waals surface area (Å²) in [4.78, 5) is 12.8. The summed E-state index contributed by atoms with van der Waals surface area (Å²) >= 11 is 0. The first-order valence-electron chi connectivity index (χ1n) is 10.3. The molecule has 0 radical (unpaired) electrons. The molecule has 1 aliphatic heterocycles. The maximum absolute atomic E-state index is 13.1. The van der Waals surface area contributed by atoms with Gasteiger partial charge in [0.15, 0.2) is 15.4 Å². The number of piperidine rings is 1. The van der Waals surface area contributed by atoms with Gasteiger partial charge >= 0.3 is 0 Å². The molecular weight excluding hydrogens is 471 g/mol. The summed E-state index contributed by atoms with van der Waals surface area (Å²) in [5, 5.41) is 2.90. The third-order valence-corrected chi connectivity index (χ3v) is 8.45. The molecule has 1 fully saturated rings. The number of benzene rings is 2. The highest BCUT2D eigenvalue weighted by Gasteiger charge is 2.34. The van der Waals surface area contributed by atoms with E-state index in [-0.39, 0.29) is 34.8 Å². The number of sulfone groups is 1. The Balaban J connectivity index is 1.58. The van der Waals surface area contributed by atoms with Gasteiger partial charge in [-0.05, 0) is 75.2 Å². The maximum atomic E-state index is 13.1. The smallest absolute Gasteiger partial charge is 0.263 e. The van der Waals surface area contributed by atoms with Crippen LogP contribution in [0.4, 0.5) is 4.39 Å². The van der Waals surface area contributed by atoms with E-state index >= 15 is 0 Å². The minimum atomic E-state index is -3.78. The van der Waals surface area contributed by atoms with Crippen LogP contribution < -0.4 is 10.1 Å². The minimum absolute atomic E-state index is 0.0196. The Morgan fingerprint density at radius 3 is 2.00 bits per heavy atom. The van der Waals surface area contributed by atoms with Crippen LogP contribution in [0.25, 0.3) is 0 Å². The van der Waals surface area contributed by atoms with Gasteiger partial charge in [0.1, 0.15) is 11.6 Å². The average Bonchev–Trinajstić information content (AvgIpc) is 2.75. The molecule has 1 amide bonds. The molecule has 0 spiro atoms. The third-order valence-electron chi connectivity index (χ3n) is 5.41. The zero-order valence-electron chi connectivity index (χ0n) is 18.6. The Hall–Kier alpha value is -2.50. The molecule has 0 bridgehead atoms. The van der Waals surface area contributed by atoms with Crippen molar-refractivity contribution in [3.8, 4) is 5.75 Å². The Kier molecular flexibility index (Phi) is 7.15. The van der Waals surface area contributed by atoms with Crippen molar-refractivity contribution in [2.24, 2.45) is 0 Å². The number of hydrogen-bond donors (Lipinski definition) is 1. The molecule has 8 nitrogen and oxygen atoms in total. The number of carbonyl (C=O) groups excluding carboxylic acids is 1. The number of amides is 1. The zero-order valence-corrected chi connectivity index (χ0v) is 20.2. The predicted molar refractivity (Wildman–Crippen MR) is 121 cm³/mol. The lowest BCUT2D eigenvalue weighted by Gasteiger charge is -2.34. The molecule has 33 heavy (non-hydrogen) atoms. The Morgan fingerprint density at radius 2 is 1.48 bits per heavy atom. The van der Waals surface area contributed by atoms with E-state index in [9.17, 15) is 26.0 Å². The summed E-state index contributed by atoms with van der Waals surface area (Å²) in [7, 11) is -7.20. The van der Waals surface area contributed by atoms with E-state index in [4.69, 9.17) is 4.74 Å². The van der Waals surface area contributed by atoms with Crippen molar-refractivity contribution in [3.05, 3.63) is 54.3 Å². The average molecular weight is 499 g/mol. The molecule has 3 rings (SSSR count). The van der Waals surface area contributed by atoms with Gasteiger partial charge in [-0.15, -0.1) is 0 Å². The maximum Gasteiger partial charge on any atom is 0.263 e. The Labute approximate surface area is 193 Å². The molecule has 11 heteroatoms. The quantitative estimate of drug-likeness (QED) is 0.628. The summed E-state index contributed by atoms with van der Waals surface area (Å²) in [6.45, 7) is 3.62. The summed E-state index contributed by atoms with van der Waals surface area (Å²) < 4.78 is 69.1. The molecule has 2 aromatic rings. The van der Waals surface area contributed by atoms with E-state index in [1.54, 1.807) is 13.8 Å². The molecule has 2 aromatic carbocycles. The van der Waals surface area contributed by atoms with Crippen LogP contribution in [0.15, 0.2) is 58.3 Å². The lowest BCUT2D eigenvalue weighted by Crippen LogP contribution is -2.53. The number of nitrogens with one attached hydrogen (secondary N) is 1. The summed E-state index contributed by atoms with van der Waals surface area (Å²) in [6.07, 6.45) is 1.89. The van der Waals surface area contributed by atoms with E-state index in [2.05, 4.69) is 5.32 Å². The van der Waals surface area contributed by atoms with E-state index in [1.165, 1.54) is 52.8 Å². The van der Waals surface area contributed by atoms with Gasteiger partial charge in [0.2, 0.25) is 10.0 Å². The predicted octanol–water partition coefficient (Wildman–Crippen LogP) is 2.36. The van der Waals surface area contributed by atoms with Crippen molar-refractivity contribution in [1.29, 1.82) is 0 Å². The van der Waals surface area contributed by atoms with Crippen molar-refractivity contribution < 1.29 is 30.8 Å². The fraction of sp³-hybridized carbons (Fsp3) is 0.409. The second kappa shape index (κ2) is 9.40. The van der Waals surface area contributed by atoms with Gasteiger partial charge in [-0.3, -0.25) is 4.79 Å². The Morgan fingerprint density at radius 1 is 0.970 bits per heavy atom. The second-order valence-corrected chi connectivity index (χ2v) is 12.4. The fourth-order valence-electron chi connectivity index (χ4n) is 3.45. The van der Waals surface area contributed by atoms with Gasteiger partial charge in [-0.1, -0.05) is 0 Å². The second-order valence-electron chi connectivity index (χ2n) is 8.46. The Bertz CT molecular complexity index is 1200. The molecule has 1 heterocycles. The van der Waals surface area contributed by atoms with Crippen LogP contribution in [0.5, 0.6) is 5.75 Å². The molecule has 1 aliphatic rings. The summed E-state index contributed by atoms with van der Waals surface area (Å²) in [6, 6.07) is 10.3. The summed E-state index contributed by atoms with van der Waals surface area (Å²) in [5.74, 6) is -0.401. The molecule has 0 atom stereocenters. The number of carbonyl (C=O) groups is 1. The topological polar surface area (TPSA) is 110 Å². The van der Waals surface area contributed by atoms with Crippen LogP contribution in [0.3, 0.4) is 0 Å². The van der Waals surface area contributed by atoms with Gasteiger partial charge in [0.25, 0.3) is 5.91 Å². The molecule has 1 saturated heterocycles. The third kappa shape index (κ3) is 6.10. The standard InChI is InChI=1S/C22H27FN2O6S2/c1-22(2,31-18-6-4-16(23)5-7-18)21(26)24-17-12-14-25(15-13-17)33(29,30)20-10-8-19(9-11-20)32(3,27)28/h4-11,17H,12-15H2,1-3H3,(H,24,26). The highest BCUT2D eigenvalue weighted by Crippen LogP contribution is 2.24. The van der Waals surface area contributed by atoms with Crippen LogP contribution in [-0.4, -0.2) is 58.0 Å². The van der Waals surface area contributed by atoms with Crippen molar-refractivity contribution >= 4 is 25.8 Å². The van der Waals surface area contributed by atoms with E-state index in [0.29, 0.717) is 18.6 Å². The molecule has 0 unspecified atom stereocenters. The molecular formula is C22H27FN2O6S2. The van der Waals surface area contributed by atoms with Crippen LogP contribution in [0.1, 0.15) is 26.7 Å². The van der Waals surface area contributed by atoms with Gasteiger partial charge in [-0.25, -0.2) is 21.2 Å². The number of sulfonamides is 1. The fourth-order valence-corrected chi connectivity index (χ4v) is 5.55. The molecule has 0 aliphatic carbocycles. The van der Waals surface area contributed by atoms with E-state index in [1.807, 2.05) is 0 Å². The van der Waals surface area contributed by atoms with Crippen molar-refractivity contribution in [1.82, 2.24) is 9.62 Å². The van der Waals surface area contributed by atoms with Crippen LogP contribution in [-0.2, 0) is 24.7 Å². The van der Waals surface area contributed by atoms with E-state index < -0.39 is 31.3 Å².